The fourth-order valence-corrected chi connectivity index (χ4v) is 2.99. The number of phenolic OH excluding ortho intramolecular Hbond substituents is 1. The lowest BCUT2D eigenvalue weighted by molar-refractivity contribution is -0.143. The Bertz CT molecular complexity index is 964. The number of carbonyl (C=O) groups excluding carboxylic acids is 3. The lowest BCUT2D eigenvalue weighted by Crippen LogP contribution is -2.57. The number of phenols is 1. The number of hydrogen-bond donors (Lipinski definition) is 8. The average Bonchev–Trinajstić information content (AvgIpc) is 2.79. The van der Waals surface area contributed by atoms with Gasteiger partial charge in [0.15, 0.2) is 0 Å². The van der Waals surface area contributed by atoms with Crippen molar-refractivity contribution in [2.45, 2.75) is 63.2 Å². The van der Waals surface area contributed by atoms with Crippen LogP contribution in [0, 0.1) is 0 Å². The van der Waals surface area contributed by atoms with Gasteiger partial charge in [0, 0.05) is 19.3 Å². The predicted octanol–water partition coefficient (Wildman–Crippen LogP) is -1.45. The molecule has 0 aliphatic rings. The van der Waals surface area contributed by atoms with E-state index in [1.807, 2.05) is 0 Å². The molecule has 14 nitrogen and oxygen atoms in total. The molecule has 4 atom stereocenters. The second-order valence-corrected chi connectivity index (χ2v) is 8.05. The van der Waals surface area contributed by atoms with Crippen LogP contribution in [0.1, 0.15) is 38.2 Å². The standard InChI is InChI=1S/C22H30N4O10/c1-11(23)19(32)24-14(6-8-17(28)29)20(33)26-16(10-12-2-4-13(27)5-3-12)21(34)25-15(22(35)36)7-9-18(30)31/h2-5,11,14-16,27H,6-10,23H2,1H3,(H,24,32)(H,25,34)(H,26,33)(H,28,29)(H,30,31)(H,35,36). The molecule has 0 aliphatic heterocycles. The Morgan fingerprint density at radius 1 is 0.750 bits per heavy atom. The van der Waals surface area contributed by atoms with Crippen molar-refractivity contribution in [3.8, 4) is 5.75 Å². The van der Waals surface area contributed by atoms with Crippen molar-refractivity contribution in [2.75, 3.05) is 0 Å². The van der Waals surface area contributed by atoms with Crippen molar-refractivity contribution < 1.29 is 49.2 Å². The average molecular weight is 511 g/mol. The number of carboxylic acid groups (broad SMARTS) is 3. The van der Waals surface area contributed by atoms with E-state index < -0.39 is 79.1 Å². The highest BCUT2D eigenvalue weighted by atomic mass is 16.4. The van der Waals surface area contributed by atoms with Crippen molar-refractivity contribution in [2.24, 2.45) is 5.73 Å². The Morgan fingerprint density at radius 2 is 1.19 bits per heavy atom. The Hall–Kier alpha value is -4.20. The van der Waals surface area contributed by atoms with Crippen molar-refractivity contribution in [1.82, 2.24) is 16.0 Å². The summed E-state index contributed by atoms with van der Waals surface area (Å²) in [5.74, 6) is -6.65. The molecule has 0 spiro atoms. The van der Waals surface area contributed by atoms with Crippen LogP contribution in [-0.2, 0) is 35.2 Å². The molecule has 0 aliphatic carbocycles. The number of carbonyl (C=O) groups is 6. The summed E-state index contributed by atoms with van der Waals surface area (Å²) in [5, 5.41) is 43.5. The molecule has 4 unspecified atom stereocenters. The monoisotopic (exact) mass is 510 g/mol. The van der Waals surface area contributed by atoms with Gasteiger partial charge in [0.05, 0.1) is 6.04 Å². The molecule has 0 saturated heterocycles. The van der Waals surface area contributed by atoms with Gasteiger partial charge in [-0.15, -0.1) is 0 Å². The van der Waals surface area contributed by atoms with Crippen LogP contribution in [0.15, 0.2) is 24.3 Å². The van der Waals surface area contributed by atoms with Gasteiger partial charge in [-0.1, -0.05) is 12.1 Å². The maximum atomic E-state index is 12.9. The zero-order chi connectivity index (χ0) is 27.4. The topological polar surface area (TPSA) is 245 Å². The second-order valence-electron chi connectivity index (χ2n) is 8.05. The first kappa shape index (κ1) is 29.8. The van der Waals surface area contributed by atoms with Gasteiger partial charge in [-0.2, -0.15) is 0 Å². The fourth-order valence-electron chi connectivity index (χ4n) is 2.99. The minimum Gasteiger partial charge on any atom is -0.508 e. The van der Waals surface area contributed by atoms with Crippen LogP contribution in [0.4, 0.5) is 0 Å². The van der Waals surface area contributed by atoms with E-state index in [0.29, 0.717) is 5.56 Å². The maximum Gasteiger partial charge on any atom is 0.326 e. The highest BCUT2D eigenvalue weighted by molar-refractivity contribution is 5.94. The summed E-state index contributed by atoms with van der Waals surface area (Å²) in [4.78, 5) is 71.2. The highest BCUT2D eigenvalue weighted by Gasteiger charge is 2.30. The molecule has 0 saturated carbocycles. The highest BCUT2D eigenvalue weighted by Crippen LogP contribution is 2.12. The van der Waals surface area contributed by atoms with Crippen LogP contribution in [0.25, 0.3) is 0 Å². The molecule has 0 fully saturated rings. The number of nitrogens with one attached hydrogen (secondary N) is 3. The Labute approximate surface area is 205 Å². The maximum absolute atomic E-state index is 12.9. The number of benzene rings is 1. The Kier molecular flexibility index (Phi) is 11.8. The first-order valence-electron chi connectivity index (χ1n) is 10.9. The Balaban J connectivity index is 3.16. The van der Waals surface area contributed by atoms with Crippen molar-refractivity contribution in [3.63, 3.8) is 0 Å². The zero-order valence-electron chi connectivity index (χ0n) is 19.5. The van der Waals surface area contributed by atoms with Crippen LogP contribution in [0.5, 0.6) is 5.75 Å². The fraction of sp³-hybridized carbons (Fsp3) is 0.455. The summed E-state index contributed by atoms with van der Waals surface area (Å²) in [6.07, 6.45) is -1.92. The normalized spacial score (nSPS) is 13.9. The minimum absolute atomic E-state index is 0.0595. The van der Waals surface area contributed by atoms with Crippen molar-refractivity contribution >= 4 is 35.6 Å². The molecule has 36 heavy (non-hydrogen) atoms. The van der Waals surface area contributed by atoms with E-state index >= 15 is 0 Å². The first-order valence-corrected chi connectivity index (χ1v) is 10.9. The van der Waals surface area contributed by atoms with Gasteiger partial charge in [-0.3, -0.25) is 24.0 Å². The molecule has 1 aromatic rings. The largest absolute Gasteiger partial charge is 0.508 e. The number of aromatic hydroxyl groups is 1. The van der Waals surface area contributed by atoms with Crippen LogP contribution in [0.2, 0.25) is 0 Å². The summed E-state index contributed by atoms with van der Waals surface area (Å²) in [7, 11) is 0. The van der Waals surface area contributed by atoms with E-state index in [-0.39, 0.29) is 18.6 Å². The lowest BCUT2D eigenvalue weighted by atomic mass is 10.0. The second kappa shape index (κ2) is 14.3. The van der Waals surface area contributed by atoms with Gasteiger partial charge < -0.3 is 42.1 Å². The number of nitrogens with two attached hydrogens (primary N) is 1. The van der Waals surface area contributed by atoms with Crippen LogP contribution in [0.3, 0.4) is 0 Å². The van der Waals surface area contributed by atoms with E-state index in [1.54, 1.807) is 0 Å². The van der Waals surface area contributed by atoms with E-state index in [9.17, 15) is 39.0 Å². The summed E-state index contributed by atoms with van der Waals surface area (Å²) >= 11 is 0. The molecule has 1 aromatic carbocycles. The van der Waals surface area contributed by atoms with Gasteiger partial charge in [-0.25, -0.2) is 4.79 Å². The van der Waals surface area contributed by atoms with Crippen molar-refractivity contribution in [1.29, 1.82) is 0 Å². The number of carboxylic acids is 3. The molecule has 0 heterocycles. The molecule has 9 N–H and O–H groups in total. The number of rotatable bonds is 15. The molecule has 1 rings (SSSR count). The third-order valence-electron chi connectivity index (χ3n) is 4.96. The Morgan fingerprint density at radius 3 is 1.67 bits per heavy atom. The van der Waals surface area contributed by atoms with Gasteiger partial charge in [-0.05, 0) is 37.5 Å². The molecule has 14 heteroatoms. The third-order valence-corrected chi connectivity index (χ3v) is 4.96. The van der Waals surface area contributed by atoms with Crippen LogP contribution >= 0.6 is 0 Å². The molecule has 0 bridgehead atoms. The van der Waals surface area contributed by atoms with E-state index in [0.717, 1.165) is 0 Å². The SMILES string of the molecule is CC(N)C(=O)NC(CCC(=O)O)C(=O)NC(Cc1ccc(O)cc1)C(=O)NC(CCC(=O)O)C(=O)O. The number of aliphatic carboxylic acids is 3. The molecule has 198 valence electrons. The summed E-state index contributed by atoms with van der Waals surface area (Å²) < 4.78 is 0. The first-order chi connectivity index (χ1) is 16.8. The van der Waals surface area contributed by atoms with Gasteiger partial charge in [0.1, 0.15) is 23.9 Å². The summed E-state index contributed by atoms with van der Waals surface area (Å²) in [5.41, 5.74) is 5.96. The summed E-state index contributed by atoms with van der Waals surface area (Å²) in [6, 6.07) is 0.252. The number of amides is 3. The van der Waals surface area contributed by atoms with E-state index in [1.165, 1.54) is 31.2 Å². The third kappa shape index (κ3) is 10.8. The minimum atomic E-state index is -1.56. The summed E-state index contributed by atoms with van der Waals surface area (Å²) in [6.45, 7) is 1.35. The lowest BCUT2D eigenvalue weighted by Gasteiger charge is -2.25. The molecule has 0 aromatic heterocycles. The van der Waals surface area contributed by atoms with E-state index in [2.05, 4.69) is 16.0 Å². The van der Waals surface area contributed by atoms with Gasteiger partial charge in [0.25, 0.3) is 0 Å². The van der Waals surface area contributed by atoms with Crippen LogP contribution < -0.4 is 21.7 Å². The van der Waals surface area contributed by atoms with Crippen molar-refractivity contribution in [3.05, 3.63) is 29.8 Å². The quantitative estimate of drug-likeness (QED) is 0.136. The smallest absolute Gasteiger partial charge is 0.326 e. The van der Waals surface area contributed by atoms with Crippen LogP contribution in [-0.4, -0.2) is 80.2 Å². The number of hydrogen-bond acceptors (Lipinski definition) is 8. The predicted molar refractivity (Wildman–Crippen MR) is 123 cm³/mol. The molecular formula is C22H30N4O10. The zero-order valence-corrected chi connectivity index (χ0v) is 19.5. The van der Waals surface area contributed by atoms with E-state index in [4.69, 9.17) is 15.9 Å². The molecule has 3 amide bonds. The van der Waals surface area contributed by atoms with Gasteiger partial charge >= 0.3 is 17.9 Å². The molecular weight excluding hydrogens is 480 g/mol. The van der Waals surface area contributed by atoms with Gasteiger partial charge in [0.2, 0.25) is 17.7 Å². The molecule has 0 radical (unpaired) electrons.